The molecule has 22 heavy (non-hydrogen) atoms. The number of carbonyl (C=O) groups is 1. The summed E-state index contributed by atoms with van der Waals surface area (Å²) in [4.78, 5) is 11.9. The van der Waals surface area contributed by atoms with E-state index in [-0.39, 0.29) is 30.1 Å². The van der Waals surface area contributed by atoms with Gasteiger partial charge in [-0.15, -0.1) is 0 Å². The van der Waals surface area contributed by atoms with E-state index >= 15 is 0 Å². The lowest BCUT2D eigenvalue weighted by Crippen LogP contribution is -2.32. The van der Waals surface area contributed by atoms with Crippen molar-refractivity contribution in [2.75, 3.05) is 11.9 Å². The van der Waals surface area contributed by atoms with E-state index in [1.165, 1.54) is 24.3 Å². The molecule has 116 valence electrons. The van der Waals surface area contributed by atoms with Crippen molar-refractivity contribution < 1.29 is 13.6 Å². The van der Waals surface area contributed by atoms with Crippen LogP contribution in [0.1, 0.15) is 24.1 Å². The fourth-order valence-electron chi connectivity index (χ4n) is 2.13. The molecule has 1 amide bonds. The number of aryl methyl sites for hydroxylation is 1. The molecule has 0 bridgehead atoms. The van der Waals surface area contributed by atoms with Crippen LogP contribution in [0.4, 0.5) is 14.5 Å². The van der Waals surface area contributed by atoms with Gasteiger partial charge >= 0.3 is 0 Å². The first-order chi connectivity index (χ1) is 10.5. The molecule has 1 atom stereocenters. The number of rotatable bonds is 5. The van der Waals surface area contributed by atoms with Crippen molar-refractivity contribution >= 4 is 11.6 Å². The zero-order chi connectivity index (χ0) is 16.1. The molecular weight excluding hydrogens is 286 g/mol. The lowest BCUT2D eigenvalue weighted by Gasteiger charge is -2.15. The number of amides is 1. The van der Waals surface area contributed by atoms with E-state index in [2.05, 4.69) is 10.6 Å². The second kappa shape index (κ2) is 7.02. The minimum Gasteiger partial charge on any atom is -0.376 e. The van der Waals surface area contributed by atoms with Gasteiger partial charge in [-0.1, -0.05) is 12.1 Å². The topological polar surface area (TPSA) is 41.1 Å². The molecule has 0 aliphatic carbocycles. The summed E-state index contributed by atoms with van der Waals surface area (Å²) in [5.41, 5.74) is 2.28. The number of hydrogen-bond donors (Lipinski definition) is 2. The van der Waals surface area contributed by atoms with E-state index in [1.54, 1.807) is 25.1 Å². The van der Waals surface area contributed by atoms with Gasteiger partial charge in [0.1, 0.15) is 11.6 Å². The van der Waals surface area contributed by atoms with Crippen molar-refractivity contribution in [1.29, 1.82) is 0 Å². The van der Waals surface area contributed by atoms with Gasteiger partial charge in [0.05, 0.1) is 12.6 Å². The quantitative estimate of drug-likeness (QED) is 0.887. The van der Waals surface area contributed by atoms with E-state index in [1.807, 2.05) is 6.92 Å². The lowest BCUT2D eigenvalue weighted by atomic mass is 10.1. The van der Waals surface area contributed by atoms with Gasteiger partial charge in [-0.05, 0) is 55.3 Å². The van der Waals surface area contributed by atoms with Gasteiger partial charge in [-0.25, -0.2) is 8.78 Å². The normalized spacial score (nSPS) is 11.8. The molecule has 2 aromatic carbocycles. The maximum atomic E-state index is 13.0. The first kappa shape index (κ1) is 15.9. The van der Waals surface area contributed by atoms with Crippen LogP contribution in [0.25, 0.3) is 0 Å². The van der Waals surface area contributed by atoms with Gasteiger partial charge in [-0.3, -0.25) is 4.79 Å². The highest BCUT2D eigenvalue weighted by atomic mass is 19.1. The number of hydrogen-bond acceptors (Lipinski definition) is 2. The van der Waals surface area contributed by atoms with E-state index < -0.39 is 0 Å². The van der Waals surface area contributed by atoms with Crippen molar-refractivity contribution in [2.45, 2.75) is 19.9 Å². The number of benzene rings is 2. The third-order valence-corrected chi connectivity index (χ3v) is 3.38. The molecule has 0 saturated carbocycles. The van der Waals surface area contributed by atoms with Gasteiger partial charge in [0, 0.05) is 5.69 Å². The predicted octanol–water partition coefficient (Wildman–Crippen LogP) is 3.56. The Kier molecular flexibility index (Phi) is 5.09. The van der Waals surface area contributed by atoms with Crippen LogP contribution in [0.2, 0.25) is 0 Å². The fourth-order valence-corrected chi connectivity index (χ4v) is 2.13. The molecule has 2 N–H and O–H groups in total. The highest BCUT2D eigenvalue weighted by molar-refractivity contribution is 5.81. The van der Waals surface area contributed by atoms with Crippen LogP contribution < -0.4 is 10.6 Å². The molecule has 0 fully saturated rings. The smallest absolute Gasteiger partial charge is 0.239 e. The van der Waals surface area contributed by atoms with E-state index in [0.29, 0.717) is 5.69 Å². The Morgan fingerprint density at radius 1 is 1.09 bits per heavy atom. The summed E-state index contributed by atoms with van der Waals surface area (Å²) < 4.78 is 25.9. The molecule has 2 rings (SSSR count). The van der Waals surface area contributed by atoms with Crippen LogP contribution in [0.5, 0.6) is 0 Å². The zero-order valence-corrected chi connectivity index (χ0v) is 12.5. The van der Waals surface area contributed by atoms with Gasteiger partial charge in [0.2, 0.25) is 5.91 Å². The first-order valence-electron chi connectivity index (χ1n) is 7.00. The maximum Gasteiger partial charge on any atom is 0.239 e. The summed E-state index contributed by atoms with van der Waals surface area (Å²) in [5.74, 6) is -0.811. The van der Waals surface area contributed by atoms with Crippen LogP contribution in [0.3, 0.4) is 0 Å². The number of anilines is 1. The Labute approximate surface area is 128 Å². The summed E-state index contributed by atoms with van der Waals surface area (Å²) in [5, 5.41) is 5.79. The zero-order valence-electron chi connectivity index (χ0n) is 12.5. The van der Waals surface area contributed by atoms with Gasteiger partial charge in [-0.2, -0.15) is 0 Å². The molecule has 0 radical (unpaired) electrons. The Bertz CT molecular complexity index is 656. The first-order valence-corrected chi connectivity index (χ1v) is 7.00. The predicted molar refractivity (Wildman–Crippen MR) is 82.6 cm³/mol. The monoisotopic (exact) mass is 304 g/mol. The Hall–Kier alpha value is -2.43. The highest BCUT2D eigenvalue weighted by Crippen LogP contribution is 2.16. The highest BCUT2D eigenvalue weighted by Gasteiger charge is 2.10. The molecule has 0 aromatic heterocycles. The SMILES string of the molecule is Cc1cc(F)ccc1NCC(=O)N[C@H](C)c1ccc(F)cc1. The number of halogens is 2. The van der Waals surface area contributed by atoms with E-state index in [9.17, 15) is 13.6 Å². The maximum absolute atomic E-state index is 13.0. The minimum absolute atomic E-state index is 0.0814. The molecule has 3 nitrogen and oxygen atoms in total. The molecule has 0 saturated heterocycles. The fraction of sp³-hybridized carbons (Fsp3) is 0.235. The molecule has 0 spiro atoms. The Morgan fingerprint density at radius 2 is 1.73 bits per heavy atom. The third-order valence-electron chi connectivity index (χ3n) is 3.38. The Morgan fingerprint density at radius 3 is 2.36 bits per heavy atom. The van der Waals surface area contributed by atoms with Crippen molar-refractivity contribution in [3.05, 3.63) is 65.2 Å². The summed E-state index contributed by atoms with van der Waals surface area (Å²) in [6.07, 6.45) is 0. The number of nitrogens with one attached hydrogen (secondary N) is 2. The second-order valence-electron chi connectivity index (χ2n) is 5.15. The van der Waals surface area contributed by atoms with Crippen molar-refractivity contribution in [3.63, 3.8) is 0 Å². The molecule has 2 aromatic rings. The molecule has 0 aliphatic heterocycles. The van der Waals surface area contributed by atoms with Crippen molar-refractivity contribution in [2.24, 2.45) is 0 Å². The lowest BCUT2D eigenvalue weighted by molar-refractivity contribution is -0.120. The van der Waals surface area contributed by atoms with Gasteiger partial charge in [0.15, 0.2) is 0 Å². The average molecular weight is 304 g/mol. The molecule has 0 aliphatic rings. The van der Waals surface area contributed by atoms with Crippen LogP contribution >= 0.6 is 0 Å². The summed E-state index contributed by atoms with van der Waals surface area (Å²) in [6.45, 7) is 3.68. The molecular formula is C17H18F2N2O. The van der Waals surface area contributed by atoms with Crippen LogP contribution in [-0.2, 0) is 4.79 Å². The summed E-state index contributed by atoms with van der Waals surface area (Å²) in [7, 11) is 0. The molecule has 5 heteroatoms. The second-order valence-corrected chi connectivity index (χ2v) is 5.15. The summed E-state index contributed by atoms with van der Waals surface area (Å²) >= 11 is 0. The molecule has 0 heterocycles. The van der Waals surface area contributed by atoms with Crippen molar-refractivity contribution in [1.82, 2.24) is 5.32 Å². The van der Waals surface area contributed by atoms with E-state index in [0.717, 1.165) is 11.1 Å². The van der Waals surface area contributed by atoms with Gasteiger partial charge < -0.3 is 10.6 Å². The van der Waals surface area contributed by atoms with Crippen LogP contribution in [-0.4, -0.2) is 12.5 Å². The van der Waals surface area contributed by atoms with Gasteiger partial charge in [0.25, 0.3) is 0 Å². The third kappa shape index (κ3) is 4.28. The number of carbonyl (C=O) groups excluding carboxylic acids is 1. The summed E-state index contributed by atoms with van der Waals surface area (Å²) in [6, 6.07) is 10.1. The van der Waals surface area contributed by atoms with Crippen LogP contribution in [0, 0.1) is 18.6 Å². The average Bonchev–Trinajstić information content (AvgIpc) is 2.47. The van der Waals surface area contributed by atoms with Crippen LogP contribution in [0.15, 0.2) is 42.5 Å². The van der Waals surface area contributed by atoms with Crippen molar-refractivity contribution in [3.8, 4) is 0 Å². The largest absolute Gasteiger partial charge is 0.376 e. The van der Waals surface area contributed by atoms with E-state index in [4.69, 9.17) is 0 Å². The minimum atomic E-state index is -0.310. The Balaban J connectivity index is 1.88. The standard InChI is InChI=1S/C17H18F2N2O/c1-11-9-15(19)7-8-16(11)20-10-17(22)21-12(2)13-3-5-14(18)6-4-13/h3-9,12,20H,10H2,1-2H3,(H,21,22)/t12-/m1/s1. The molecule has 0 unspecified atom stereocenters.